The quantitative estimate of drug-likeness (QED) is 0.286. The number of rotatable bonds is 9. The third-order valence-corrected chi connectivity index (χ3v) is 7.97. The number of nitrogens with one attached hydrogen (secondary N) is 3. The first kappa shape index (κ1) is 27.9. The van der Waals surface area contributed by atoms with Gasteiger partial charge in [-0.25, -0.2) is 4.98 Å². The van der Waals surface area contributed by atoms with Crippen LogP contribution >= 0.6 is 0 Å². The van der Waals surface area contributed by atoms with Crippen molar-refractivity contribution in [2.75, 3.05) is 30.8 Å². The maximum absolute atomic E-state index is 13.0. The van der Waals surface area contributed by atoms with E-state index in [0.29, 0.717) is 28.9 Å². The SMILES string of the molecule is Cc1cc(Nc2ncc(C)c(Nc3ccccc3C(=O)NC3CCC3)n2)c(OC(C)C)cc1C1CCN(C)CC1. The van der Waals surface area contributed by atoms with Crippen molar-refractivity contribution in [2.45, 2.75) is 77.9 Å². The van der Waals surface area contributed by atoms with Crippen LogP contribution in [-0.2, 0) is 0 Å². The van der Waals surface area contributed by atoms with Gasteiger partial charge in [0.1, 0.15) is 11.6 Å². The predicted octanol–water partition coefficient (Wildman–Crippen LogP) is 6.46. The summed E-state index contributed by atoms with van der Waals surface area (Å²) in [6, 6.07) is 12.2. The third kappa shape index (κ3) is 6.55. The fraction of sp³-hybridized carbons (Fsp3) is 0.469. The Morgan fingerprint density at radius 3 is 2.45 bits per heavy atom. The van der Waals surface area contributed by atoms with Gasteiger partial charge in [0.05, 0.1) is 23.0 Å². The molecule has 2 aromatic carbocycles. The lowest BCUT2D eigenvalue weighted by molar-refractivity contribution is 0.0918. The summed E-state index contributed by atoms with van der Waals surface area (Å²) in [6.07, 6.45) is 7.39. The number of aromatic nitrogens is 2. The normalized spacial score (nSPS) is 16.4. The number of hydrogen-bond donors (Lipinski definition) is 3. The van der Waals surface area contributed by atoms with Gasteiger partial charge in [0.2, 0.25) is 5.95 Å². The van der Waals surface area contributed by atoms with Crippen molar-refractivity contribution in [3.8, 4) is 5.75 Å². The summed E-state index contributed by atoms with van der Waals surface area (Å²) in [4.78, 5) is 24.7. The van der Waals surface area contributed by atoms with Crippen LogP contribution in [0.5, 0.6) is 5.75 Å². The van der Waals surface area contributed by atoms with E-state index in [0.717, 1.165) is 55.8 Å². The van der Waals surface area contributed by atoms with Gasteiger partial charge in [-0.05, 0) is 121 Å². The highest BCUT2D eigenvalue weighted by Gasteiger charge is 2.23. The monoisotopic (exact) mass is 542 g/mol. The molecule has 1 aliphatic carbocycles. The predicted molar refractivity (Wildman–Crippen MR) is 161 cm³/mol. The van der Waals surface area contributed by atoms with Crippen LogP contribution in [0.4, 0.5) is 23.1 Å². The summed E-state index contributed by atoms with van der Waals surface area (Å²) >= 11 is 0. The first-order valence-corrected chi connectivity index (χ1v) is 14.5. The molecule has 0 atom stereocenters. The van der Waals surface area contributed by atoms with E-state index in [9.17, 15) is 4.79 Å². The van der Waals surface area contributed by atoms with Crippen molar-refractivity contribution in [1.29, 1.82) is 0 Å². The molecule has 2 aliphatic rings. The van der Waals surface area contributed by atoms with Gasteiger partial charge in [-0.15, -0.1) is 0 Å². The average Bonchev–Trinajstić information content (AvgIpc) is 2.90. The highest BCUT2D eigenvalue weighted by Crippen LogP contribution is 2.38. The molecule has 0 radical (unpaired) electrons. The largest absolute Gasteiger partial charge is 0.489 e. The zero-order valence-corrected chi connectivity index (χ0v) is 24.4. The fourth-order valence-electron chi connectivity index (χ4n) is 5.40. The van der Waals surface area contributed by atoms with Crippen molar-refractivity contribution in [2.24, 2.45) is 0 Å². The minimum Gasteiger partial charge on any atom is -0.489 e. The zero-order chi connectivity index (χ0) is 28.2. The highest BCUT2D eigenvalue weighted by atomic mass is 16.5. The summed E-state index contributed by atoms with van der Waals surface area (Å²) in [5, 5.41) is 9.93. The van der Waals surface area contributed by atoms with Gasteiger partial charge >= 0.3 is 0 Å². The van der Waals surface area contributed by atoms with Crippen LogP contribution in [-0.4, -0.2) is 53.1 Å². The highest BCUT2D eigenvalue weighted by molar-refractivity contribution is 6.00. The number of para-hydroxylation sites is 1. The van der Waals surface area contributed by atoms with Crippen molar-refractivity contribution in [1.82, 2.24) is 20.2 Å². The molecule has 1 saturated carbocycles. The minimum atomic E-state index is -0.0616. The zero-order valence-electron chi connectivity index (χ0n) is 24.4. The number of nitrogens with zero attached hydrogens (tertiary/aromatic N) is 3. The number of carbonyl (C=O) groups excluding carboxylic acids is 1. The number of piperidine rings is 1. The van der Waals surface area contributed by atoms with Gasteiger partial charge in [0, 0.05) is 17.8 Å². The molecule has 1 saturated heterocycles. The van der Waals surface area contributed by atoms with E-state index in [1.165, 1.54) is 17.5 Å². The molecule has 212 valence electrons. The van der Waals surface area contributed by atoms with Crippen LogP contribution in [0.15, 0.2) is 42.6 Å². The van der Waals surface area contributed by atoms with Gasteiger partial charge in [0.15, 0.2) is 0 Å². The van der Waals surface area contributed by atoms with Crippen molar-refractivity contribution < 1.29 is 9.53 Å². The molecule has 3 N–H and O–H groups in total. The van der Waals surface area contributed by atoms with Crippen LogP contribution in [0, 0.1) is 13.8 Å². The number of likely N-dealkylation sites (tertiary alicyclic amines) is 1. The van der Waals surface area contributed by atoms with E-state index in [1.54, 1.807) is 6.20 Å². The van der Waals surface area contributed by atoms with E-state index < -0.39 is 0 Å². The molecule has 2 heterocycles. The number of amides is 1. The standard InChI is InChI=1S/C32H42N6O2/c1-20(2)40-29-18-26(23-13-15-38(5)16-14-23)21(3)17-28(29)36-32-33-19-22(4)30(37-32)35-27-12-7-6-11-25(27)31(39)34-24-9-8-10-24/h6-7,11-12,17-20,23-24H,8-10,13-16H2,1-5H3,(H,34,39)(H2,33,35,36,37). The maximum atomic E-state index is 13.0. The Kier molecular flexibility index (Phi) is 8.54. The minimum absolute atomic E-state index is 0.0346. The van der Waals surface area contributed by atoms with Crippen LogP contribution in [0.25, 0.3) is 0 Å². The van der Waals surface area contributed by atoms with E-state index >= 15 is 0 Å². The Morgan fingerprint density at radius 2 is 1.75 bits per heavy atom. The first-order valence-electron chi connectivity index (χ1n) is 14.5. The van der Waals surface area contributed by atoms with Crippen molar-refractivity contribution >= 4 is 29.0 Å². The second kappa shape index (κ2) is 12.3. The number of ether oxygens (including phenoxy) is 1. The summed E-state index contributed by atoms with van der Waals surface area (Å²) in [6.45, 7) is 10.4. The van der Waals surface area contributed by atoms with Gasteiger partial charge < -0.3 is 25.6 Å². The molecule has 8 nitrogen and oxygen atoms in total. The van der Waals surface area contributed by atoms with Gasteiger partial charge in [-0.3, -0.25) is 4.79 Å². The topological polar surface area (TPSA) is 91.4 Å². The summed E-state index contributed by atoms with van der Waals surface area (Å²) in [5.41, 5.74) is 5.65. The summed E-state index contributed by atoms with van der Waals surface area (Å²) in [7, 11) is 2.19. The lowest BCUT2D eigenvalue weighted by Crippen LogP contribution is -2.39. The molecule has 1 aromatic heterocycles. The molecular weight excluding hydrogens is 500 g/mol. The molecule has 5 rings (SSSR count). The number of aryl methyl sites for hydroxylation is 2. The smallest absolute Gasteiger partial charge is 0.253 e. The molecule has 3 aromatic rings. The second-order valence-corrected chi connectivity index (χ2v) is 11.6. The van der Waals surface area contributed by atoms with E-state index in [4.69, 9.17) is 9.72 Å². The van der Waals surface area contributed by atoms with E-state index in [2.05, 4.69) is 51.9 Å². The third-order valence-electron chi connectivity index (χ3n) is 7.97. The fourth-order valence-corrected chi connectivity index (χ4v) is 5.40. The Labute approximate surface area is 237 Å². The maximum Gasteiger partial charge on any atom is 0.253 e. The summed E-state index contributed by atoms with van der Waals surface area (Å²) < 4.78 is 6.27. The molecule has 2 fully saturated rings. The molecule has 0 bridgehead atoms. The number of hydrogen-bond acceptors (Lipinski definition) is 7. The molecular formula is C32H42N6O2. The Hall–Kier alpha value is -3.65. The van der Waals surface area contributed by atoms with Crippen LogP contribution in [0.3, 0.4) is 0 Å². The molecule has 0 spiro atoms. The number of carbonyl (C=O) groups is 1. The first-order chi connectivity index (χ1) is 19.3. The second-order valence-electron chi connectivity index (χ2n) is 11.6. The van der Waals surface area contributed by atoms with E-state index in [-0.39, 0.29) is 18.1 Å². The lowest BCUT2D eigenvalue weighted by atomic mass is 9.86. The van der Waals surface area contributed by atoms with Crippen LogP contribution in [0.1, 0.15) is 78.9 Å². The van der Waals surface area contributed by atoms with Crippen LogP contribution < -0.4 is 20.7 Å². The number of anilines is 4. The molecule has 1 amide bonds. The Bertz CT molecular complexity index is 1350. The summed E-state index contributed by atoms with van der Waals surface area (Å²) in [5.74, 6) is 2.39. The Morgan fingerprint density at radius 1 is 1.00 bits per heavy atom. The van der Waals surface area contributed by atoms with Crippen LogP contribution in [0.2, 0.25) is 0 Å². The molecule has 0 unspecified atom stereocenters. The van der Waals surface area contributed by atoms with E-state index in [1.807, 2.05) is 45.0 Å². The van der Waals surface area contributed by atoms with Gasteiger partial charge in [-0.1, -0.05) is 12.1 Å². The van der Waals surface area contributed by atoms with Gasteiger partial charge in [-0.2, -0.15) is 4.98 Å². The Balaban J connectivity index is 1.39. The average molecular weight is 543 g/mol. The molecule has 8 heteroatoms. The number of benzene rings is 2. The van der Waals surface area contributed by atoms with Crippen molar-refractivity contribution in [3.05, 3.63) is 64.8 Å². The van der Waals surface area contributed by atoms with Gasteiger partial charge in [0.25, 0.3) is 5.91 Å². The molecule has 1 aliphatic heterocycles. The lowest BCUT2D eigenvalue weighted by Gasteiger charge is -2.30. The van der Waals surface area contributed by atoms with Crippen molar-refractivity contribution in [3.63, 3.8) is 0 Å². The molecule has 40 heavy (non-hydrogen) atoms.